The summed E-state index contributed by atoms with van der Waals surface area (Å²) in [5.74, 6) is 1.49. The van der Waals surface area contributed by atoms with Crippen LogP contribution in [0.25, 0.3) is 0 Å². The van der Waals surface area contributed by atoms with Crippen LogP contribution in [0, 0.1) is 6.92 Å². The molecular formula is C12H15NO4. The van der Waals surface area contributed by atoms with Gasteiger partial charge in [-0.3, -0.25) is 0 Å². The van der Waals surface area contributed by atoms with Crippen LogP contribution >= 0.6 is 0 Å². The maximum Gasteiger partial charge on any atom is 0.407 e. The van der Waals surface area contributed by atoms with Crippen molar-refractivity contribution < 1.29 is 19.0 Å². The molecule has 2 rings (SSSR count). The topological polar surface area (TPSA) is 56.8 Å². The SMILES string of the molecule is COC(=O)NCc1cc2c(cc1C)OCCO2. The number of rotatable bonds is 2. The van der Waals surface area contributed by atoms with Gasteiger partial charge in [0, 0.05) is 6.54 Å². The van der Waals surface area contributed by atoms with Crippen molar-refractivity contribution >= 4 is 6.09 Å². The number of methoxy groups -OCH3 is 1. The molecule has 5 nitrogen and oxygen atoms in total. The lowest BCUT2D eigenvalue weighted by Gasteiger charge is -2.20. The summed E-state index contributed by atoms with van der Waals surface area (Å²) < 4.78 is 15.5. The Morgan fingerprint density at radius 3 is 2.65 bits per heavy atom. The lowest BCUT2D eigenvalue weighted by molar-refractivity contribution is 0.169. The first-order valence-electron chi connectivity index (χ1n) is 5.41. The van der Waals surface area contributed by atoms with Crippen LogP contribution in [-0.2, 0) is 11.3 Å². The Morgan fingerprint density at radius 2 is 2.00 bits per heavy atom. The fourth-order valence-corrected chi connectivity index (χ4v) is 1.66. The van der Waals surface area contributed by atoms with Gasteiger partial charge in [-0.1, -0.05) is 0 Å². The molecule has 1 amide bonds. The van der Waals surface area contributed by atoms with Gasteiger partial charge in [0.25, 0.3) is 0 Å². The fraction of sp³-hybridized carbons (Fsp3) is 0.417. The van der Waals surface area contributed by atoms with Crippen LogP contribution in [0.5, 0.6) is 11.5 Å². The van der Waals surface area contributed by atoms with E-state index in [9.17, 15) is 4.79 Å². The van der Waals surface area contributed by atoms with Gasteiger partial charge >= 0.3 is 6.09 Å². The van der Waals surface area contributed by atoms with Crippen molar-refractivity contribution in [2.24, 2.45) is 0 Å². The zero-order chi connectivity index (χ0) is 12.3. The molecule has 0 bridgehead atoms. The van der Waals surface area contributed by atoms with Crippen molar-refractivity contribution in [2.75, 3.05) is 20.3 Å². The summed E-state index contributed by atoms with van der Waals surface area (Å²) in [4.78, 5) is 11.0. The van der Waals surface area contributed by atoms with Crippen LogP contribution in [0.3, 0.4) is 0 Å². The summed E-state index contributed by atoms with van der Waals surface area (Å²) >= 11 is 0. The molecule has 1 N–H and O–H groups in total. The van der Waals surface area contributed by atoms with Crippen molar-refractivity contribution in [1.82, 2.24) is 5.32 Å². The number of amides is 1. The maximum atomic E-state index is 11.0. The van der Waals surface area contributed by atoms with E-state index in [-0.39, 0.29) is 0 Å². The van der Waals surface area contributed by atoms with E-state index < -0.39 is 6.09 Å². The van der Waals surface area contributed by atoms with E-state index in [1.165, 1.54) is 7.11 Å². The second-order valence-electron chi connectivity index (χ2n) is 3.77. The van der Waals surface area contributed by atoms with E-state index >= 15 is 0 Å². The van der Waals surface area contributed by atoms with Gasteiger partial charge in [-0.15, -0.1) is 0 Å². The molecule has 0 fully saturated rings. The number of alkyl carbamates (subject to hydrolysis) is 1. The molecule has 0 unspecified atom stereocenters. The molecule has 0 saturated heterocycles. The lowest BCUT2D eigenvalue weighted by atomic mass is 10.1. The highest BCUT2D eigenvalue weighted by Gasteiger charge is 2.14. The summed E-state index contributed by atoms with van der Waals surface area (Å²) in [6, 6.07) is 3.81. The Labute approximate surface area is 99.7 Å². The largest absolute Gasteiger partial charge is 0.486 e. The van der Waals surface area contributed by atoms with E-state index in [0.29, 0.717) is 19.8 Å². The van der Waals surface area contributed by atoms with E-state index in [1.807, 2.05) is 19.1 Å². The minimum absolute atomic E-state index is 0.412. The number of carbonyl (C=O) groups excluding carboxylic acids is 1. The van der Waals surface area contributed by atoms with Crippen LogP contribution in [0.1, 0.15) is 11.1 Å². The van der Waals surface area contributed by atoms with Crippen molar-refractivity contribution in [1.29, 1.82) is 0 Å². The van der Waals surface area contributed by atoms with Crippen molar-refractivity contribution in [3.63, 3.8) is 0 Å². The third-order valence-electron chi connectivity index (χ3n) is 2.61. The molecule has 0 saturated carbocycles. The third-order valence-corrected chi connectivity index (χ3v) is 2.61. The predicted octanol–water partition coefficient (Wildman–Crippen LogP) is 1.62. The molecular weight excluding hydrogens is 222 g/mol. The number of hydrogen-bond donors (Lipinski definition) is 1. The molecule has 0 aromatic heterocycles. The number of hydrogen-bond acceptors (Lipinski definition) is 4. The average Bonchev–Trinajstić information content (AvgIpc) is 2.35. The molecule has 1 heterocycles. The van der Waals surface area contributed by atoms with Gasteiger partial charge in [-0.2, -0.15) is 0 Å². The summed E-state index contributed by atoms with van der Waals surface area (Å²) in [6.07, 6.45) is -0.445. The lowest BCUT2D eigenvalue weighted by Crippen LogP contribution is -2.23. The van der Waals surface area contributed by atoms with Crippen LogP contribution < -0.4 is 14.8 Å². The first kappa shape index (κ1) is 11.6. The Morgan fingerprint density at radius 1 is 1.35 bits per heavy atom. The molecule has 0 radical (unpaired) electrons. The van der Waals surface area contributed by atoms with Crippen LogP contribution in [0.4, 0.5) is 4.79 Å². The number of ether oxygens (including phenoxy) is 3. The monoisotopic (exact) mass is 237 g/mol. The number of aryl methyl sites for hydroxylation is 1. The summed E-state index contributed by atoms with van der Waals surface area (Å²) in [5, 5.41) is 2.64. The molecule has 5 heteroatoms. The minimum atomic E-state index is -0.445. The first-order chi connectivity index (χ1) is 8.20. The Kier molecular flexibility index (Phi) is 3.37. The first-order valence-corrected chi connectivity index (χ1v) is 5.41. The number of fused-ring (bicyclic) bond motifs is 1. The van der Waals surface area contributed by atoms with Crippen LogP contribution in [0.2, 0.25) is 0 Å². The maximum absolute atomic E-state index is 11.0. The molecule has 0 spiro atoms. The van der Waals surface area contributed by atoms with Crippen LogP contribution in [-0.4, -0.2) is 26.4 Å². The molecule has 0 aliphatic carbocycles. The summed E-state index contributed by atoms with van der Waals surface area (Å²) in [7, 11) is 1.34. The van der Waals surface area contributed by atoms with Gasteiger partial charge in [0.05, 0.1) is 7.11 Å². The van der Waals surface area contributed by atoms with Gasteiger partial charge in [0.15, 0.2) is 11.5 Å². The quantitative estimate of drug-likeness (QED) is 0.849. The Hall–Kier alpha value is -1.91. The second-order valence-corrected chi connectivity index (χ2v) is 3.77. The standard InChI is InChI=1S/C12H15NO4/c1-8-5-10-11(17-4-3-16-10)6-9(8)7-13-12(14)15-2/h5-6H,3-4,7H2,1-2H3,(H,13,14). The average molecular weight is 237 g/mol. The second kappa shape index (κ2) is 4.95. The van der Waals surface area contributed by atoms with E-state index in [4.69, 9.17) is 9.47 Å². The summed E-state index contributed by atoms with van der Waals surface area (Å²) in [6.45, 7) is 3.51. The highest BCUT2D eigenvalue weighted by atomic mass is 16.6. The molecule has 0 atom stereocenters. The Balaban J connectivity index is 2.14. The molecule has 92 valence electrons. The highest BCUT2D eigenvalue weighted by molar-refractivity contribution is 5.67. The smallest absolute Gasteiger partial charge is 0.407 e. The van der Waals surface area contributed by atoms with E-state index in [0.717, 1.165) is 22.6 Å². The van der Waals surface area contributed by atoms with Crippen molar-refractivity contribution in [2.45, 2.75) is 13.5 Å². The van der Waals surface area contributed by atoms with E-state index in [1.54, 1.807) is 0 Å². The molecule has 1 aromatic carbocycles. The number of nitrogens with one attached hydrogen (secondary N) is 1. The minimum Gasteiger partial charge on any atom is -0.486 e. The molecule has 1 aliphatic rings. The summed E-state index contributed by atoms with van der Waals surface area (Å²) in [5.41, 5.74) is 2.03. The van der Waals surface area contributed by atoms with Crippen molar-refractivity contribution in [3.05, 3.63) is 23.3 Å². The predicted molar refractivity (Wildman–Crippen MR) is 61.4 cm³/mol. The fourth-order valence-electron chi connectivity index (χ4n) is 1.66. The Bertz CT molecular complexity index is 431. The normalized spacial score (nSPS) is 13.1. The van der Waals surface area contributed by atoms with Gasteiger partial charge < -0.3 is 19.5 Å². The van der Waals surface area contributed by atoms with Crippen molar-refractivity contribution in [3.8, 4) is 11.5 Å². The van der Waals surface area contributed by atoms with Crippen LogP contribution in [0.15, 0.2) is 12.1 Å². The van der Waals surface area contributed by atoms with Gasteiger partial charge in [0.2, 0.25) is 0 Å². The number of benzene rings is 1. The molecule has 1 aromatic rings. The van der Waals surface area contributed by atoms with Gasteiger partial charge in [-0.05, 0) is 30.2 Å². The molecule has 17 heavy (non-hydrogen) atoms. The molecule has 1 aliphatic heterocycles. The van der Waals surface area contributed by atoms with E-state index in [2.05, 4.69) is 10.1 Å². The van der Waals surface area contributed by atoms with Gasteiger partial charge in [0.1, 0.15) is 13.2 Å². The highest BCUT2D eigenvalue weighted by Crippen LogP contribution is 2.32. The zero-order valence-electron chi connectivity index (χ0n) is 9.91. The number of carbonyl (C=O) groups is 1. The van der Waals surface area contributed by atoms with Gasteiger partial charge in [-0.25, -0.2) is 4.79 Å². The third kappa shape index (κ3) is 2.61. The zero-order valence-corrected chi connectivity index (χ0v) is 9.91.